The largest absolute Gasteiger partial charge is 0.496 e. The number of hydrogen-bond donors (Lipinski definition) is 1. The van der Waals surface area contributed by atoms with Crippen molar-refractivity contribution in [3.05, 3.63) is 95.7 Å². The number of likely N-dealkylation sites (tertiary alicyclic amines) is 1. The van der Waals surface area contributed by atoms with Crippen LogP contribution in [0.25, 0.3) is 11.3 Å². The topological polar surface area (TPSA) is 116 Å². The van der Waals surface area contributed by atoms with Gasteiger partial charge < -0.3 is 14.3 Å². The molecule has 1 N–H and O–H groups in total. The normalized spacial score (nSPS) is 17.0. The van der Waals surface area contributed by atoms with E-state index in [1.54, 1.807) is 30.3 Å². The zero-order chi connectivity index (χ0) is 29.4. The number of aryl methyl sites for hydroxylation is 1. The molecule has 0 saturated carbocycles. The van der Waals surface area contributed by atoms with Gasteiger partial charge in [-0.2, -0.15) is 4.73 Å². The smallest absolute Gasteiger partial charge is 0.442 e. The minimum absolute atomic E-state index is 0.0558. The zero-order valence-electron chi connectivity index (χ0n) is 23.1. The van der Waals surface area contributed by atoms with E-state index in [2.05, 4.69) is 21.8 Å². The number of sulfonamides is 1. The Labute approximate surface area is 243 Å². The Morgan fingerprint density at radius 2 is 1.74 bits per heavy atom. The van der Waals surface area contributed by atoms with E-state index in [0.717, 1.165) is 24.9 Å². The Morgan fingerprint density at radius 1 is 0.976 bits per heavy atom. The summed E-state index contributed by atoms with van der Waals surface area (Å²) in [6.45, 7) is 3.13. The summed E-state index contributed by atoms with van der Waals surface area (Å²) >= 11 is 0. The Kier molecular flexibility index (Phi) is 7.21. The Hall–Kier alpha value is -4.61. The summed E-state index contributed by atoms with van der Waals surface area (Å²) < 4.78 is 41.6. The minimum atomic E-state index is -4.02. The van der Waals surface area contributed by atoms with Gasteiger partial charge in [0.2, 0.25) is 0 Å². The van der Waals surface area contributed by atoms with Crippen molar-refractivity contribution in [2.75, 3.05) is 18.4 Å². The number of rotatable bonds is 8. The highest BCUT2D eigenvalue weighted by molar-refractivity contribution is 7.92. The van der Waals surface area contributed by atoms with Crippen LogP contribution in [0.15, 0.2) is 83.8 Å². The van der Waals surface area contributed by atoms with E-state index < -0.39 is 22.0 Å². The Morgan fingerprint density at radius 3 is 2.48 bits per heavy atom. The lowest BCUT2D eigenvalue weighted by Gasteiger charge is -2.25. The van der Waals surface area contributed by atoms with E-state index in [1.807, 2.05) is 25.1 Å². The number of hydrogen-bond acceptors (Lipinski definition) is 8. The quantitative estimate of drug-likeness (QED) is 0.237. The maximum atomic E-state index is 13.4. The molecule has 4 aromatic rings. The number of anilines is 1. The number of nitrogens with one attached hydrogen (secondary N) is 1. The highest BCUT2D eigenvalue weighted by Gasteiger charge is 2.35. The lowest BCUT2D eigenvalue weighted by Crippen LogP contribution is -2.32. The third kappa shape index (κ3) is 5.24. The molecule has 2 aliphatic heterocycles. The first-order chi connectivity index (χ1) is 20.2. The Balaban J connectivity index is 1.41. The van der Waals surface area contributed by atoms with Gasteiger partial charge >= 0.3 is 11.9 Å². The molecule has 0 radical (unpaired) electrons. The average Bonchev–Trinajstić information content (AvgIpc) is 3.55. The van der Waals surface area contributed by atoms with Gasteiger partial charge in [0.15, 0.2) is 5.75 Å². The van der Waals surface area contributed by atoms with E-state index in [-0.39, 0.29) is 27.9 Å². The second kappa shape index (κ2) is 11.0. The Bertz CT molecular complexity index is 1770. The number of methoxy groups -OCH3 is 1. The number of carbonyl (C=O) groups excluding carboxylic acids is 2. The summed E-state index contributed by atoms with van der Waals surface area (Å²) in [5, 5.41) is 0. The summed E-state index contributed by atoms with van der Waals surface area (Å²) in [6.07, 6.45) is 1.97. The lowest BCUT2D eigenvalue weighted by atomic mass is 10.0. The second-order valence-electron chi connectivity index (χ2n) is 10.3. The SMILES string of the molecule is COc1ccc(S(=O)(=O)Nc2ccc(C)cc2)cc1-c1c2cc(CN3CCCC3c3ccccc3)n1OC(=O)C(=O)O2. The van der Waals surface area contributed by atoms with E-state index in [0.29, 0.717) is 23.7 Å². The first-order valence-corrected chi connectivity index (χ1v) is 15.0. The van der Waals surface area contributed by atoms with Gasteiger partial charge in [-0.3, -0.25) is 9.62 Å². The van der Waals surface area contributed by atoms with Crippen molar-refractivity contribution >= 4 is 27.6 Å². The zero-order valence-corrected chi connectivity index (χ0v) is 23.9. The predicted molar refractivity (Wildman–Crippen MR) is 154 cm³/mol. The first kappa shape index (κ1) is 27.6. The molecule has 2 aliphatic rings. The number of fused-ring (bicyclic) bond motifs is 2. The molecule has 1 aromatic heterocycles. The predicted octanol–water partition coefficient (Wildman–Crippen LogP) is 4.48. The van der Waals surface area contributed by atoms with Crippen molar-refractivity contribution < 1.29 is 32.3 Å². The molecule has 6 rings (SSSR count). The summed E-state index contributed by atoms with van der Waals surface area (Å²) in [6, 6.07) is 23.3. The number of nitrogens with zero attached hydrogens (tertiary/aromatic N) is 2. The molecular formula is C31H29N3O7S. The van der Waals surface area contributed by atoms with Crippen molar-refractivity contribution in [3.8, 4) is 22.8 Å². The maximum absolute atomic E-state index is 13.4. The molecule has 3 aromatic carbocycles. The third-order valence-corrected chi connectivity index (χ3v) is 8.87. The van der Waals surface area contributed by atoms with Crippen molar-refractivity contribution in [2.45, 2.75) is 37.2 Å². The van der Waals surface area contributed by atoms with Crippen LogP contribution in [-0.4, -0.2) is 43.6 Å². The van der Waals surface area contributed by atoms with E-state index in [1.165, 1.54) is 35.6 Å². The fourth-order valence-corrected chi connectivity index (χ4v) is 6.55. The fourth-order valence-electron chi connectivity index (χ4n) is 5.47. The van der Waals surface area contributed by atoms with Crippen molar-refractivity contribution in [2.24, 2.45) is 0 Å². The van der Waals surface area contributed by atoms with Crippen molar-refractivity contribution in [1.82, 2.24) is 9.63 Å². The first-order valence-electron chi connectivity index (χ1n) is 13.5. The fraction of sp³-hybridized carbons (Fsp3) is 0.226. The number of benzene rings is 3. The van der Waals surface area contributed by atoms with Crippen LogP contribution in [0, 0.1) is 6.92 Å². The molecule has 1 atom stereocenters. The molecule has 216 valence electrons. The molecule has 0 amide bonds. The van der Waals surface area contributed by atoms with Gasteiger partial charge in [-0.25, -0.2) is 18.0 Å². The highest BCUT2D eigenvalue weighted by atomic mass is 32.2. The van der Waals surface area contributed by atoms with Crippen molar-refractivity contribution in [1.29, 1.82) is 0 Å². The van der Waals surface area contributed by atoms with Crippen LogP contribution in [0.4, 0.5) is 5.69 Å². The van der Waals surface area contributed by atoms with Gasteiger partial charge in [-0.05, 0) is 62.2 Å². The van der Waals surface area contributed by atoms with Crippen LogP contribution >= 0.6 is 0 Å². The number of esters is 1. The van der Waals surface area contributed by atoms with Crippen LogP contribution in [0.2, 0.25) is 0 Å². The van der Waals surface area contributed by atoms with Gasteiger partial charge in [0.05, 0.1) is 17.7 Å². The number of carbonyl (C=O) groups is 2. The second-order valence-corrected chi connectivity index (χ2v) is 12.0. The summed E-state index contributed by atoms with van der Waals surface area (Å²) in [5.41, 5.74) is 3.62. The standard InChI is InChI=1S/C31H29N3O7S/c1-20-10-12-22(13-11-20)32-42(37,38)24-14-15-27(39-2)25(18-24)29-28-17-23(34(29)41-31(36)30(35)40-28)19-33-16-6-9-26(33)21-7-4-3-5-8-21/h3-5,7-8,10-15,17-18,26,32H,6,9,16,19H2,1-2H3. The van der Waals surface area contributed by atoms with Crippen LogP contribution < -0.4 is 19.0 Å². The monoisotopic (exact) mass is 587 g/mol. The van der Waals surface area contributed by atoms with E-state index >= 15 is 0 Å². The van der Waals surface area contributed by atoms with E-state index in [4.69, 9.17) is 14.3 Å². The van der Waals surface area contributed by atoms with Gasteiger partial charge in [0.25, 0.3) is 10.0 Å². The van der Waals surface area contributed by atoms with Gasteiger partial charge in [0, 0.05) is 29.9 Å². The van der Waals surface area contributed by atoms with Gasteiger partial charge in [-0.1, -0.05) is 48.0 Å². The maximum Gasteiger partial charge on any atom is 0.442 e. The molecule has 0 spiro atoms. The van der Waals surface area contributed by atoms with Crippen LogP contribution in [0.3, 0.4) is 0 Å². The van der Waals surface area contributed by atoms with Crippen LogP contribution in [0.5, 0.6) is 11.5 Å². The van der Waals surface area contributed by atoms with Crippen LogP contribution in [-0.2, 0) is 26.2 Å². The van der Waals surface area contributed by atoms with E-state index in [9.17, 15) is 18.0 Å². The summed E-state index contributed by atoms with van der Waals surface area (Å²) in [4.78, 5) is 32.6. The average molecular weight is 588 g/mol. The molecular weight excluding hydrogens is 558 g/mol. The molecule has 2 bridgehead atoms. The number of ether oxygens (including phenoxy) is 2. The summed E-state index contributed by atoms with van der Waals surface area (Å²) in [5.74, 6) is -1.99. The molecule has 42 heavy (non-hydrogen) atoms. The molecule has 1 saturated heterocycles. The van der Waals surface area contributed by atoms with Crippen LogP contribution in [0.1, 0.15) is 35.7 Å². The molecule has 11 heteroatoms. The molecule has 10 nitrogen and oxygen atoms in total. The van der Waals surface area contributed by atoms with Crippen molar-refractivity contribution in [3.63, 3.8) is 0 Å². The van der Waals surface area contributed by atoms with Gasteiger partial charge in [0.1, 0.15) is 11.4 Å². The molecule has 0 aliphatic carbocycles. The minimum Gasteiger partial charge on any atom is -0.496 e. The molecule has 3 heterocycles. The lowest BCUT2D eigenvalue weighted by molar-refractivity contribution is -0.161. The highest BCUT2D eigenvalue weighted by Crippen LogP contribution is 2.42. The van der Waals surface area contributed by atoms with Gasteiger partial charge in [-0.15, -0.1) is 0 Å². The number of aromatic nitrogens is 1. The molecule has 1 fully saturated rings. The third-order valence-electron chi connectivity index (χ3n) is 7.49. The molecule has 1 unspecified atom stereocenters. The summed E-state index contributed by atoms with van der Waals surface area (Å²) in [7, 11) is -2.57.